The first kappa shape index (κ1) is 8.32. The van der Waals surface area contributed by atoms with E-state index in [1.54, 1.807) is 0 Å². The second kappa shape index (κ2) is 5.96. The highest BCUT2D eigenvalue weighted by Crippen LogP contribution is 2.02. The highest BCUT2D eigenvalue weighted by Gasteiger charge is 1.84. The van der Waals surface area contributed by atoms with Gasteiger partial charge in [0.15, 0.2) is 0 Å². The van der Waals surface area contributed by atoms with Crippen LogP contribution in [0.5, 0.6) is 0 Å². The molecule has 1 rings (SSSR count). The summed E-state index contributed by atoms with van der Waals surface area (Å²) in [7, 11) is 0. The van der Waals surface area contributed by atoms with Gasteiger partial charge in [0.05, 0.1) is 0 Å². The summed E-state index contributed by atoms with van der Waals surface area (Å²) < 4.78 is 0. The molecule has 59 valence electrons. The van der Waals surface area contributed by atoms with Gasteiger partial charge in [-0.3, -0.25) is 0 Å². The van der Waals surface area contributed by atoms with E-state index >= 15 is 0 Å². The van der Waals surface area contributed by atoms with Crippen LogP contribution in [0.25, 0.3) is 0 Å². The fourth-order valence-corrected chi connectivity index (χ4v) is 1.03. The van der Waals surface area contributed by atoms with Crippen molar-refractivity contribution in [2.45, 2.75) is 25.7 Å². The highest BCUT2D eigenvalue weighted by atomic mass is 13.9. The summed E-state index contributed by atoms with van der Waals surface area (Å²) >= 11 is 0. The minimum atomic E-state index is 1.07. The maximum atomic E-state index is 2.33. The third kappa shape index (κ3) is 4.60. The largest absolute Gasteiger partial charge is 0.0879 e. The molecule has 0 saturated carbocycles. The lowest BCUT2D eigenvalue weighted by Gasteiger charge is -1.90. The molecule has 0 bridgehead atoms. The Morgan fingerprint density at radius 2 is 1.45 bits per heavy atom. The van der Waals surface area contributed by atoms with Crippen LogP contribution in [-0.4, -0.2) is 0 Å². The zero-order chi connectivity index (χ0) is 7.78. The van der Waals surface area contributed by atoms with Crippen molar-refractivity contribution in [3.63, 3.8) is 0 Å². The molecule has 0 heterocycles. The third-order valence-corrected chi connectivity index (χ3v) is 1.66. The Morgan fingerprint density at radius 3 is 2.45 bits per heavy atom. The summed E-state index contributed by atoms with van der Waals surface area (Å²) in [5.74, 6) is 0. The average Bonchev–Trinajstić information content (AvgIpc) is 2.08. The molecule has 0 nitrogen and oxygen atoms in total. The number of hydrogen-bond donors (Lipinski definition) is 0. The molecule has 0 aliphatic heterocycles. The SMILES string of the molecule is [CH]1C/C=C\C/C=C\C=C/CC1. The van der Waals surface area contributed by atoms with Crippen LogP contribution in [0.15, 0.2) is 36.5 Å². The summed E-state index contributed by atoms with van der Waals surface area (Å²) in [6, 6.07) is 0. The van der Waals surface area contributed by atoms with Gasteiger partial charge in [0.25, 0.3) is 0 Å². The monoisotopic (exact) mass is 147 g/mol. The standard InChI is InChI=1S/C11H15/c1-2-4-6-8-10-11-9-7-5-3-1/h1-4,7,9-10H,5-6,8,11H2/b3-1-,4-2-,9-7-. The van der Waals surface area contributed by atoms with Crippen LogP contribution in [0.1, 0.15) is 25.7 Å². The van der Waals surface area contributed by atoms with Gasteiger partial charge in [-0.05, 0) is 32.1 Å². The van der Waals surface area contributed by atoms with Crippen molar-refractivity contribution in [3.05, 3.63) is 42.9 Å². The molecule has 0 amide bonds. The Kier molecular flexibility index (Phi) is 4.51. The second-order valence-electron chi connectivity index (χ2n) is 2.67. The van der Waals surface area contributed by atoms with E-state index in [-0.39, 0.29) is 0 Å². The molecule has 0 aromatic carbocycles. The molecule has 11 heavy (non-hydrogen) atoms. The minimum Gasteiger partial charge on any atom is -0.0879 e. The molecule has 0 unspecified atom stereocenters. The first-order valence-electron chi connectivity index (χ1n) is 4.28. The van der Waals surface area contributed by atoms with Gasteiger partial charge in [-0.25, -0.2) is 0 Å². The quantitative estimate of drug-likeness (QED) is 0.460. The Bertz CT molecular complexity index is 161. The zero-order valence-corrected chi connectivity index (χ0v) is 6.87. The van der Waals surface area contributed by atoms with Gasteiger partial charge in [0.1, 0.15) is 0 Å². The number of hydrogen-bond acceptors (Lipinski definition) is 0. The lowest BCUT2D eigenvalue weighted by molar-refractivity contribution is 0.933. The van der Waals surface area contributed by atoms with Gasteiger partial charge in [0, 0.05) is 0 Å². The van der Waals surface area contributed by atoms with Gasteiger partial charge >= 0.3 is 0 Å². The van der Waals surface area contributed by atoms with E-state index < -0.39 is 0 Å². The first-order valence-corrected chi connectivity index (χ1v) is 4.28. The average molecular weight is 147 g/mol. The van der Waals surface area contributed by atoms with Crippen molar-refractivity contribution in [2.75, 3.05) is 0 Å². The normalized spacial score (nSPS) is 28.4. The molecule has 0 atom stereocenters. The van der Waals surface area contributed by atoms with Crippen molar-refractivity contribution < 1.29 is 0 Å². The fourth-order valence-electron chi connectivity index (χ4n) is 1.03. The maximum Gasteiger partial charge on any atom is -0.0166 e. The van der Waals surface area contributed by atoms with Crippen molar-refractivity contribution >= 4 is 0 Å². The van der Waals surface area contributed by atoms with Crippen LogP contribution in [-0.2, 0) is 0 Å². The lowest BCUT2D eigenvalue weighted by Crippen LogP contribution is -1.72. The Labute approximate surface area is 69.3 Å². The topological polar surface area (TPSA) is 0 Å². The molecule has 0 aromatic rings. The van der Waals surface area contributed by atoms with Crippen molar-refractivity contribution in [1.29, 1.82) is 0 Å². The first-order chi connectivity index (χ1) is 5.50. The van der Waals surface area contributed by atoms with Crippen LogP contribution in [0.2, 0.25) is 0 Å². The molecular weight excluding hydrogens is 132 g/mol. The Hall–Kier alpha value is -0.780. The molecule has 1 aliphatic carbocycles. The second-order valence-corrected chi connectivity index (χ2v) is 2.67. The zero-order valence-electron chi connectivity index (χ0n) is 6.87. The van der Waals surface area contributed by atoms with E-state index in [4.69, 9.17) is 0 Å². The van der Waals surface area contributed by atoms with Gasteiger partial charge in [-0.2, -0.15) is 0 Å². The van der Waals surface area contributed by atoms with E-state index in [1.165, 1.54) is 12.8 Å². The van der Waals surface area contributed by atoms with Gasteiger partial charge in [-0.15, -0.1) is 0 Å². The molecule has 1 aliphatic rings. The third-order valence-electron chi connectivity index (χ3n) is 1.66. The van der Waals surface area contributed by atoms with Crippen LogP contribution < -0.4 is 0 Å². The van der Waals surface area contributed by atoms with Crippen molar-refractivity contribution in [1.82, 2.24) is 0 Å². The summed E-state index contributed by atoms with van der Waals surface area (Å²) in [4.78, 5) is 0. The highest BCUT2D eigenvalue weighted by molar-refractivity contribution is 5.06. The smallest absolute Gasteiger partial charge is 0.0166 e. The summed E-state index contributed by atoms with van der Waals surface area (Å²) in [6.45, 7) is 0. The Balaban J connectivity index is 2.35. The van der Waals surface area contributed by atoms with E-state index in [9.17, 15) is 0 Å². The summed E-state index contributed by atoms with van der Waals surface area (Å²) in [6.07, 6.45) is 20.0. The predicted molar refractivity (Wildman–Crippen MR) is 50.2 cm³/mol. The van der Waals surface area contributed by atoms with Crippen LogP contribution >= 0.6 is 0 Å². The number of rotatable bonds is 0. The molecule has 0 N–H and O–H groups in total. The van der Waals surface area contributed by atoms with Crippen molar-refractivity contribution in [3.8, 4) is 0 Å². The van der Waals surface area contributed by atoms with Gasteiger partial charge < -0.3 is 0 Å². The maximum absolute atomic E-state index is 2.33. The fraction of sp³-hybridized carbons (Fsp3) is 0.364. The van der Waals surface area contributed by atoms with E-state index in [0.29, 0.717) is 0 Å². The molecule has 0 fully saturated rings. The molecule has 0 saturated heterocycles. The van der Waals surface area contributed by atoms with Crippen LogP contribution in [0.3, 0.4) is 0 Å². The molecule has 0 spiro atoms. The molecular formula is C11H15. The van der Waals surface area contributed by atoms with E-state index in [0.717, 1.165) is 12.8 Å². The van der Waals surface area contributed by atoms with Crippen molar-refractivity contribution in [2.24, 2.45) is 0 Å². The predicted octanol–water partition coefficient (Wildman–Crippen LogP) is 3.43. The summed E-state index contributed by atoms with van der Waals surface area (Å²) in [5, 5.41) is 0. The van der Waals surface area contributed by atoms with E-state index in [2.05, 4.69) is 42.9 Å². The van der Waals surface area contributed by atoms with Gasteiger partial charge in [-0.1, -0.05) is 36.5 Å². The Morgan fingerprint density at radius 1 is 0.636 bits per heavy atom. The molecule has 0 aromatic heterocycles. The summed E-state index contributed by atoms with van der Waals surface area (Å²) in [5.41, 5.74) is 0. The minimum absolute atomic E-state index is 1.07. The molecule has 1 radical (unpaired) electrons. The van der Waals surface area contributed by atoms with Crippen LogP contribution in [0, 0.1) is 6.42 Å². The number of allylic oxidation sites excluding steroid dienone is 6. The van der Waals surface area contributed by atoms with Gasteiger partial charge in [0.2, 0.25) is 0 Å². The van der Waals surface area contributed by atoms with E-state index in [1.807, 2.05) is 0 Å². The van der Waals surface area contributed by atoms with Crippen LogP contribution in [0.4, 0.5) is 0 Å². The lowest BCUT2D eigenvalue weighted by atomic mass is 10.2. The molecule has 0 heteroatoms.